The Kier molecular flexibility index (Phi) is 1.60. The zero-order valence-electron chi connectivity index (χ0n) is 6.14. The lowest BCUT2D eigenvalue weighted by molar-refractivity contribution is 0.426. The van der Waals surface area contributed by atoms with Gasteiger partial charge in [0.25, 0.3) is 0 Å². The van der Waals surface area contributed by atoms with Gasteiger partial charge in [0, 0.05) is 5.46 Å². The highest BCUT2D eigenvalue weighted by molar-refractivity contribution is 6.61. The van der Waals surface area contributed by atoms with Crippen LogP contribution in [0.1, 0.15) is 0 Å². The quantitative estimate of drug-likeness (QED) is 0.556. The molecule has 12 heavy (non-hydrogen) atoms. The normalized spacial score (nSPS) is 10.5. The van der Waals surface area contributed by atoms with Crippen molar-refractivity contribution in [1.82, 2.24) is 4.98 Å². The molecule has 0 saturated carbocycles. The predicted molar refractivity (Wildman–Crippen MR) is 43.8 cm³/mol. The first-order chi connectivity index (χ1) is 5.79. The fourth-order valence-corrected chi connectivity index (χ4v) is 1.12. The van der Waals surface area contributed by atoms with E-state index in [0.29, 0.717) is 16.6 Å². The number of hydrogen-bond donors (Lipinski definition) is 2. The molecule has 0 fully saturated rings. The molecule has 2 rings (SSSR count). The van der Waals surface area contributed by atoms with Crippen LogP contribution in [0.4, 0.5) is 0 Å². The Labute approximate surface area is 68.6 Å². The van der Waals surface area contributed by atoms with Crippen LogP contribution in [0.3, 0.4) is 0 Å². The molecule has 4 nitrogen and oxygen atoms in total. The van der Waals surface area contributed by atoms with Crippen molar-refractivity contribution in [2.24, 2.45) is 0 Å². The van der Waals surface area contributed by atoms with Gasteiger partial charge >= 0.3 is 7.12 Å². The van der Waals surface area contributed by atoms with Crippen LogP contribution in [0, 0.1) is 0 Å². The minimum atomic E-state index is -1.50. The third-order valence-corrected chi connectivity index (χ3v) is 1.67. The van der Waals surface area contributed by atoms with Gasteiger partial charge in [0.1, 0.15) is 5.52 Å². The molecular formula is C7H6BNO3. The van der Waals surface area contributed by atoms with Crippen LogP contribution >= 0.6 is 0 Å². The van der Waals surface area contributed by atoms with Crippen molar-refractivity contribution in [3.63, 3.8) is 0 Å². The van der Waals surface area contributed by atoms with Gasteiger partial charge in [-0.2, -0.15) is 0 Å². The molecule has 1 aromatic heterocycles. The summed E-state index contributed by atoms with van der Waals surface area (Å²) in [7, 11) is -1.50. The summed E-state index contributed by atoms with van der Waals surface area (Å²) in [6.45, 7) is 0. The zero-order chi connectivity index (χ0) is 8.55. The Morgan fingerprint density at radius 3 is 2.92 bits per heavy atom. The van der Waals surface area contributed by atoms with E-state index < -0.39 is 7.12 Å². The molecule has 0 amide bonds. The lowest BCUT2D eigenvalue weighted by atomic mass is 9.79. The standard InChI is InChI=1S/C7H6BNO3/c10-8(11)5-2-1-3-6-7(5)9-4-12-6/h1-4,10-11H. The monoisotopic (exact) mass is 163 g/mol. The second kappa shape index (κ2) is 2.62. The summed E-state index contributed by atoms with van der Waals surface area (Å²) >= 11 is 0. The van der Waals surface area contributed by atoms with Crippen molar-refractivity contribution in [2.75, 3.05) is 0 Å². The molecule has 0 aliphatic carbocycles. The van der Waals surface area contributed by atoms with Crippen molar-refractivity contribution < 1.29 is 14.5 Å². The van der Waals surface area contributed by atoms with Crippen LogP contribution < -0.4 is 5.46 Å². The highest BCUT2D eigenvalue weighted by atomic mass is 16.4. The van der Waals surface area contributed by atoms with Crippen molar-refractivity contribution in [1.29, 1.82) is 0 Å². The summed E-state index contributed by atoms with van der Waals surface area (Å²) in [6.07, 6.45) is 1.27. The van der Waals surface area contributed by atoms with E-state index in [0.717, 1.165) is 0 Å². The molecule has 0 saturated heterocycles. The number of nitrogens with zero attached hydrogens (tertiary/aromatic N) is 1. The van der Waals surface area contributed by atoms with E-state index in [2.05, 4.69) is 4.98 Å². The van der Waals surface area contributed by atoms with E-state index >= 15 is 0 Å². The van der Waals surface area contributed by atoms with Crippen LogP contribution in [0.15, 0.2) is 29.0 Å². The van der Waals surface area contributed by atoms with Gasteiger partial charge < -0.3 is 14.5 Å². The number of aromatic nitrogens is 1. The van der Waals surface area contributed by atoms with Crippen molar-refractivity contribution >= 4 is 23.7 Å². The molecule has 1 heterocycles. The SMILES string of the molecule is OB(O)c1cccc2ocnc12. The molecule has 0 unspecified atom stereocenters. The van der Waals surface area contributed by atoms with Crippen LogP contribution in [0.25, 0.3) is 11.1 Å². The van der Waals surface area contributed by atoms with Crippen molar-refractivity contribution in [2.45, 2.75) is 0 Å². The first-order valence-corrected chi connectivity index (χ1v) is 3.47. The first kappa shape index (κ1) is 7.33. The fourth-order valence-electron chi connectivity index (χ4n) is 1.12. The third-order valence-electron chi connectivity index (χ3n) is 1.67. The minimum Gasteiger partial charge on any atom is -0.444 e. The summed E-state index contributed by atoms with van der Waals surface area (Å²) < 4.78 is 4.98. The van der Waals surface area contributed by atoms with E-state index in [1.807, 2.05) is 0 Å². The van der Waals surface area contributed by atoms with E-state index in [4.69, 9.17) is 14.5 Å². The van der Waals surface area contributed by atoms with Gasteiger partial charge in [-0.1, -0.05) is 12.1 Å². The van der Waals surface area contributed by atoms with Crippen molar-refractivity contribution in [3.8, 4) is 0 Å². The number of fused-ring (bicyclic) bond motifs is 1. The Hall–Kier alpha value is -1.33. The maximum Gasteiger partial charge on any atom is 0.490 e. The summed E-state index contributed by atoms with van der Waals surface area (Å²) in [5.41, 5.74) is 1.41. The molecule has 0 bridgehead atoms. The van der Waals surface area contributed by atoms with Gasteiger partial charge in [0.05, 0.1) is 0 Å². The fraction of sp³-hybridized carbons (Fsp3) is 0. The lowest BCUT2D eigenvalue weighted by Gasteiger charge is -1.97. The molecular weight excluding hydrogens is 157 g/mol. The topological polar surface area (TPSA) is 66.5 Å². The van der Waals surface area contributed by atoms with Gasteiger partial charge in [-0.15, -0.1) is 0 Å². The van der Waals surface area contributed by atoms with E-state index in [-0.39, 0.29) is 0 Å². The smallest absolute Gasteiger partial charge is 0.444 e. The van der Waals surface area contributed by atoms with E-state index in [9.17, 15) is 0 Å². The van der Waals surface area contributed by atoms with Crippen LogP contribution in [0.5, 0.6) is 0 Å². The zero-order valence-corrected chi connectivity index (χ0v) is 6.14. The maximum absolute atomic E-state index is 8.91. The average molecular weight is 163 g/mol. The second-order valence-corrected chi connectivity index (χ2v) is 2.42. The number of benzene rings is 1. The maximum atomic E-state index is 8.91. The summed E-state index contributed by atoms with van der Waals surface area (Å²) in [5.74, 6) is 0. The highest BCUT2D eigenvalue weighted by Gasteiger charge is 2.16. The summed E-state index contributed by atoms with van der Waals surface area (Å²) in [6, 6.07) is 4.99. The van der Waals surface area contributed by atoms with Gasteiger partial charge in [0.2, 0.25) is 0 Å². The van der Waals surface area contributed by atoms with Crippen molar-refractivity contribution in [3.05, 3.63) is 24.6 Å². The minimum absolute atomic E-state index is 0.362. The van der Waals surface area contributed by atoms with Gasteiger partial charge in [0.15, 0.2) is 12.0 Å². The molecule has 2 aromatic rings. The van der Waals surface area contributed by atoms with Gasteiger partial charge in [-0.05, 0) is 6.07 Å². The lowest BCUT2D eigenvalue weighted by Crippen LogP contribution is -2.30. The molecule has 0 aliphatic heterocycles. The van der Waals surface area contributed by atoms with Crippen LogP contribution in [-0.2, 0) is 0 Å². The molecule has 2 N–H and O–H groups in total. The van der Waals surface area contributed by atoms with E-state index in [1.165, 1.54) is 6.39 Å². The van der Waals surface area contributed by atoms with E-state index in [1.54, 1.807) is 18.2 Å². The molecule has 0 aliphatic rings. The molecule has 0 atom stereocenters. The average Bonchev–Trinajstić information content (AvgIpc) is 2.49. The Morgan fingerprint density at radius 2 is 2.17 bits per heavy atom. The predicted octanol–water partition coefficient (Wildman–Crippen LogP) is -0.492. The largest absolute Gasteiger partial charge is 0.490 e. The Bertz CT molecular complexity index is 398. The third kappa shape index (κ3) is 0.994. The molecule has 1 aromatic carbocycles. The first-order valence-electron chi connectivity index (χ1n) is 3.47. The molecule has 5 heteroatoms. The number of hydrogen-bond acceptors (Lipinski definition) is 4. The summed E-state index contributed by atoms with van der Waals surface area (Å²) in [4.78, 5) is 3.85. The Morgan fingerprint density at radius 1 is 1.33 bits per heavy atom. The Balaban J connectivity index is 2.73. The number of oxazole rings is 1. The number of rotatable bonds is 1. The van der Waals surface area contributed by atoms with Gasteiger partial charge in [-0.3, -0.25) is 0 Å². The molecule has 0 radical (unpaired) electrons. The number of para-hydroxylation sites is 1. The second-order valence-electron chi connectivity index (χ2n) is 2.42. The molecule has 60 valence electrons. The summed E-state index contributed by atoms with van der Waals surface area (Å²) in [5, 5.41) is 17.8. The van der Waals surface area contributed by atoms with Crippen LogP contribution in [-0.4, -0.2) is 22.2 Å². The molecule has 0 spiro atoms. The van der Waals surface area contributed by atoms with Gasteiger partial charge in [-0.25, -0.2) is 4.98 Å². The highest BCUT2D eigenvalue weighted by Crippen LogP contribution is 2.08. The van der Waals surface area contributed by atoms with Crippen LogP contribution in [0.2, 0.25) is 0 Å².